The highest BCUT2D eigenvalue weighted by atomic mass is 35.5. The van der Waals surface area contributed by atoms with Crippen LogP contribution in [0.15, 0.2) is 36.4 Å². The molecule has 0 N–H and O–H groups in total. The number of aryl methyl sites for hydroxylation is 2. The average molecular weight is 328 g/mol. The molecule has 3 heteroatoms. The van der Waals surface area contributed by atoms with Gasteiger partial charge in [-0.1, -0.05) is 55.2 Å². The summed E-state index contributed by atoms with van der Waals surface area (Å²) in [5.41, 5.74) is 4.74. The van der Waals surface area contributed by atoms with E-state index in [0.717, 1.165) is 24.0 Å². The van der Waals surface area contributed by atoms with Crippen LogP contribution in [0.25, 0.3) is 0 Å². The zero-order valence-corrected chi connectivity index (χ0v) is 13.9. The Labute approximate surface area is 135 Å². The smallest absolute Gasteiger partial charge is 0.0836 e. The zero-order valence-electron chi connectivity index (χ0n) is 11.6. The molecule has 0 saturated heterocycles. The Balaban J connectivity index is 2.39. The van der Waals surface area contributed by atoms with Gasteiger partial charge in [-0.15, -0.1) is 11.6 Å². The number of hydrogen-bond donors (Lipinski definition) is 0. The molecule has 0 radical (unpaired) electrons. The lowest BCUT2D eigenvalue weighted by molar-refractivity contribution is 1.02. The third kappa shape index (κ3) is 3.49. The van der Waals surface area contributed by atoms with E-state index in [-0.39, 0.29) is 5.38 Å². The molecule has 0 nitrogen and oxygen atoms in total. The van der Waals surface area contributed by atoms with Gasteiger partial charge in [0, 0.05) is 10.0 Å². The second kappa shape index (κ2) is 6.85. The van der Waals surface area contributed by atoms with Gasteiger partial charge in [-0.3, -0.25) is 0 Å². The first-order valence-electron chi connectivity index (χ1n) is 6.76. The zero-order chi connectivity index (χ0) is 14.7. The lowest BCUT2D eigenvalue weighted by atomic mass is 9.96. The number of rotatable bonds is 4. The Morgan fingerprint density at radius 1 is 0.800 bits per heavy atom. The molecule has 1 atom stereocenters. The minimum atomic E-state index is -0.234. The third-order valence-corrected chi connectivity index (χ3v) is 4.40. The van der Waals surface area contributed by atoms with E-state index in [2.05, 4.69) is 32.0 Å². The van der Waals surface area contributed by atoms with Crippen molar-refractivity contribution < 1.29 is 0 Å². The monoisotopic (exact) mass is 326 g/mol. The van der Waals surface area contributed by atoms with Gasteiger partial charge < -0.3 is 0 Å². The molecular formula is C17H17Cl3. The van der Waals surface area contributed by atoms with Gasteiger partial charge in [0.25, 0.3) is 0 Å². The van der Waals surface area contributed by atoms with Crippen LogP contribution in [0.1, 0.15) is 41.5 Å². The molecule has 0 heterocycles. The van der Waals surface area contributed by atoms with Crippen LogP contribution in [0, 0.1) is 0 Å². The fraction of sp³-hybridized carbons (Fsp3) is 0.294. The first-order chi connectivity index (χ1) is 9.55. The van der Waals surface area contributed by atoms with Crippen molar-refractivity contribution in [2.75, 3.05) is 0 Å². The highest BCUT2D eigenvalue weighted by Gasteiger charge is 2.13. The molecule has 1 unspecified atom stereocenters. The van der Waals surface area contributed by atoms with Gasteiger partial charge >= 0.3 is 0 Å². The summed E-state index contributed by atoms with van der Waals surface area (Å²) in [6.45, 7) is 4.33. The lowest BCUT2D eigenvalue weighted by Crippen LogP contribution is -1.98. The van der Waals surface area contributed by atoms with Gasteiger partial charge in [0.1, 0.15) is 0 Å². The summed E-state index contributed by atoms with van der Waals surface area (Å²) in [4.78, 5) is 0. The first kappa shape index (κ1) is 15.7. The molecule has 0 bridgehead atoms. The fourth-order valence-electron chi connectivity index (χ4n) is 2.39. The van der Waals surface area contributed by atoms with E-state index < -0.39 is 0 Å². The molecule has 0 aliphatic heterocycles. The summed E-state index contributed by atoms with van der Waals surface area (Å²) in [5, 5.41) is 0.987. The summed E-state index contributed by atoms with van der Waals surface area (Å²) in [7, 11) is 0. The largest absolute Gasteiger partial charge is 0.113 e. The van der Waals surface area contributed by atoms with Crippen molar-refractivity contribution >= 4 is 34.8 Å². The number of hydrogen-bond acceptors (Lipinski definition) is 0. The van der Waals surface area contributed by atoms with Crippen LogP contribution in [0.5, 0.6) is 0 Å². The van der Waals surface area contributed by atoms with E-state index in [0.29, 0.717) is 10.0 Å². The standard InChI is InChI=1S/C17H17Cl3/c1-3-11-5-6-13(7-12(11)4-2)17(20)14-8-15(18)10-16(19)9-14/h5-10,17H,3-4H2,1-2H3. The van der Waals surface area contributed by atoms with Crippen LogP contribution in [0.4, 0.5) is 0 Å². The SMILES string of the molecule is CCc1ccc(C(Cl)c2cc(Cl)cc(Cl)c2)cc1CC. The molecule has 0 aromatic heterocycles. The van der Waals surface area contributed by atoms with E-state index in [1.165, 1.54) is 11.1 Å². The summed E-state index contributed by atoms with van der Waals surface area (Å²) in [5.74, 6) is 0. The van der Waals surface area contributed by atoms with E-state index >= 15 is 0 Å². The van der Waals surface area contributed by atoms with Crippen LogP contribution in [-0.4, -0.2) is 0 Å². The normalized spacial score (nSPS) is 12.4. The number of benzene rings is 2. The summed E-state index contributed by atoms with van der Waals surface area (Å²) in [6.07, 6.45) is 2.05. The minimum absolute atomic E-state index is 0.234. The second-order valence-corrected chi connectivity index (χ2v) is 6.11. The van der Waals surface area contributed by atoms with Gasteiger partial charge in [-0.2, -0.15) is 0 Å². The van der Waals surface area contributed by atoms with E-state index in [1.54, 1.807) is 6.07 Å². The highest BCUT2D eigenvalue weighted by molar-refractivity contribution is 6.35. The Kier molecular flexibility index (Phi) is 5.37. The molecule has 20 heavy (non-hydrogen) atoms. The fourth-order valence-corrected chi connectivity index (χ4v) is 3.20. The van der Waals surface area contributed by atoms with Gasteiger partial charge in [0.2, 0.25) is 0 Å². The molecule has 2 aromatic rings. The van der Waals surface area contributed by atoms with Crippen LogP contribution in [0.3, 0.4) is 0 Å². The maximum absolute atomic E-state index is 6.58. The molecule has 0 amide bonds. The van der Waals surface area contributed by atoms with E-state index in [9.17, 15) is 0 Å². The van der Waals surface area contributed by atoms with Crippen molar-refractivity contribution in [3.63, 3.8) is 0 Å². The van der Waals surface area contributed by atoms with Crippen molar-refractivity contribution in [2.45, 2.75) is 32.1 Å². The van der Waals surface area contributed by atoms with E-state index in [1.807, 2.05) is 12.1 Å². The van der Waals surface area contributed by atoms with Gasteiger partial charge in [0.05, 0.1) is 5.38 Å². The summed E-state index contributed by atoms with van der Waals surface area (Å²) < 4.78 is 0. The average Bonchev–Trinajstić information content (AvgIpc) is 2.44. The molecule has 0 aliphatic carbocycles. The van der Waals surface area contributed by atoms with Crippen LogP contribution >= 0.6 is 34.8 Å². The Bertz CT molecular complexity index is 585. The highest BCUT2D eigenvalue weighted by Crippen LogP contribution is 2.33. The quantitative estimate of drug-likeness (QED) is 0.566. The van der Waals surface area contributed by atoms with Gasteiger partial charge in [-0.05, 0) is 53.3 Å². The van der Waals surface area contributed by atoms with Crippen molar-refractivity contribution in [2.24, 2.45) is 0 Å². The topological polar surface area (TPSA) is 0 Å². The molecule has 0 spiro atoms. The van der Waals surface area contributed by atoms with Crippen LogP contribution < -0.4 is 0 Å². The molecule has 106 valence electrons. The predicted molar refractivity (Wildman–Crippen MR) is 89.4 cm³/mol. The van der Waals surface area contributed by atoms with Crippen molar-refractivity contribution in [1.29, 1.82) is 0 Å². The van der Waals surface area contributed by atoms with Crippen LogP contribution in [-0.2, 0) is 12.8 Å². The molecule has 0 aliphatic rings. The Hall–Kier alpha value is -0.690. The van der Waals surface area contributed by atoms with Crippen molar-refractivity contribution in [3.05, 3.63) is 68.7 Å². The molecule has 2 aromatic carbocycles. The molecule has 0 fully saturated rings. The molecule has 2 rings (SSSR count). The Morgan fingerprint density at radius 3 is 1.95 bits per heavy atom. The third-order valence-electron chi connectivity index (χ3n) is 3.46. The van der Waals surface area contributed by atoms with Crippen molar-refractivity contribution in [1.82, 2.24) is 0 Å². The maximum atomic E-state index is 6.58. The Morgan fingerprint density at radius 2 is 1.40 bits per heavy atom. The number of halogens is 3. The van der Waals surface area contributed by atoms with E-state index in [4.69, 9.17) is 34.8 Å². The molecule has 0 saturated carbocycles. The number of alkyl halides is 1. The lowest BCUT2D eigenvalue weighted by Gasteiger charge is -2.14. The minimum Gasteiger partial charge on any atom is -0.113 e. The van der Waals surface area contributed by atoms with Gasteiger partial charge in [-0.25, -0.2) is 0 Å². The summed E-state index contributed by atoms with van der Waals surface area (Å²) in [6, 6.07) is 11.9. The first-order valence-corrected chi connectivity index (χ1v) is 7.96. The summed E-state index contributed by atoms with van der Waals surface area (Å²) >= 11 is 18.7. The maximum Gasteiger partial charge on any atom is 0.0836 e. The predicted octanol–water partition coefficient (Wildman–Crippen LogP) is 6.45. The van der Waals surface area contributed by atoms with Crippen molar-refractivity contribution in [3.8, 4) is 0 Å². The van der Waals surface area contributed by atoms with Gasteiger partial charge in [0.15, 0.2) is 0 Å². The molecular weight excluding hydrogens is 311 g/mol. The van der Waals surface area contributed by atoms with Crippen LogP contribution in [0.2, 0.25) is 10.0 Å². The second-order valence-electron chi connectivity index (χ2n) is 4.80.